The van der Waals surface area contributed by atoms with Crippen molar-refractivity contribution in [2.75, 3.05) is 5.75 Å². The fourth-order valence-corrected chi connectivity index (χ4v) is 1.11. The Morgan fingerprint density at radius 3 is 2.55 bits per heavy atom. The van der Waals surface area contributed by atoms with Crippen molar-refractivity contribution in [2.24, 2.45) is 0 Å². The summed E-state index contributed by atoms with van der Waals surface area (Å²) in [7, 11) is -3.93. The van der Waals surface area contributed by atoms with Crippen molar-refractivity contribution >= 4 is 16.6 Å². The fourth-order valence-electron chi connectivity index (χ4n) is 0.478. The molecule has 1 unspecified atom stereocenters. The molecule has 0 spiro atoms. The van der Waals surface area contributed by atoms with Crippen molar-refractivity contribution in [3.05, 3.63) is 0 Å². The van der Waals surface area contributed by atoms with Crippen LogP contribution in [0, 0.1) is 0 Å². The van der Waals surface area contributed by atoms with Gasteiger partial charge in [0, 0.05) is 6.42 Å². The minimum atomic E-state index is -3.93. The standard InChI is InChI=1S/C5H10O5S/c1-5(10-4-6)2-3-11(7,8)9/h4-5H,2-3H2,1H3,(H,7,8,9). The molecule has 0 rings (SSSR count). The van der Waals surface area contributed by atoms with Gasteiger partial charge >= 0.3 is 0 Å². The summed E-state index contributed by atoms with van der Waals surface area (Å²) in [5.74, 6) is -0.387. The second kappa shape index (κ2) is 4.30. The van der Waals surface area contributed by atoms with Gasteiger partial charge in [0.05, 0.1) is 11.9 Å². The largest absolute Gasteiger partial charge is 0.465 e. The van der Waals surface area contributed by atoms with Crippen molar-refractivity contribution in [1.29, 1.82) is 0 Å². The predicted molar refractivity (Wildman–Crippen MR) is 37.6 cm³/mol. The number of carbonyl (C=O) groups excluding carboxylic acids is 1. The summed E-state index contributed by atoms with van der Waals surface area (Å²) in [5.41, 5.74) is 0. The van der Waals surface area contributed by atoms with Gasteiger partial charge in [0.15, 0.2) is 0 Å². The Labute approximate surface area is 65.1 Å². The Hall–Kier alpha value is -0.620. The van der Waals surface area contributed by atoms with Crippen LogP contribution in [0.25, 0.3) is 0 Å². The van der Waals surface area contributed by atoms with Gasteiger partial charge in [-0.2, -0.15) is 8.42 Å². The van der Waals surface area contributed by atoms with Gasteiger partial charge in [-0.05, 0) is 6.92 Å². The highest BCUT2D eigenvalue weighted by Crippen LogP contribution is 1.97. The van der Waals surface area contributed by atoms with E-state index in [0.29, 0.717) is 0 Å². The highest BCUT2D eigenvalue weighted by molar-refractivity contribution is 7.85. The van der Waals surface area contributed by atoms with E-state index in [-0.39, 0.29) is 18.6 Å². The van der Waals surface area contributed by atoms with E-state index in [1.54, 1.807) is 6.92 Å². The highest BCUT2D eigenvalue weighted by atomic mass is 32.2. The van der Waals surface area contributed by atoms with E-state index in [4.69, 9.17) is 4.55 Å². The van der Waals surface area contributed by atoms with Crippen LogP contribution >= 0.6 is 0 Å². The van der Waals surface area contributed by atoms with Crippen molar-refractivity contribution in [1.82, 2.24) is 0 Å². The maximum absolute atomic E-state index is 10.2. The van der Waals surface area contributed by atoms with Gasteiger partial charge in [-0.3, -0.25) is 9.35 Å². The van der Waals surface area contributed by atoms with Gasteiger partial charge in [0.2, 0.25) is 0 Å². The molecule has 0 amide bonds. The lowest BCUT2D eigenvalue weighted by Gasteiger charge is -2.06. The molecule has 6 heteroatoms. The molecule has 0 bridgehead atoms. The summed E-state index contributed by atoms with van der Waals surface area (Å²) >= 11 is 0. The summed E-state index contributed by atoms with van der Waals surface area (Å²) in [6.45, 7) is 1.79. The Morgan fingerprint density at radius 2 is 2.18 bits per heavy atom. The highest BCUT2D eigenvalue weighted by Gasteiger charge is 2.08. The van der Waals surface area contributed by atoms with Crippen LogP contribution in [0.15, 0.2) is 0 Å². The van der Waals surface area contributed by atoms with Crippen LogP contribution in [0.2, 0.25) is 0 Å². The molecule has 1 atom stereocenters. The molecule has 0 saturated carbocycles. The summed E-state index contributed by atoms with van der Waals surface area (Å²) in [5, 5.41) is 0. The lowest BCUT2D eigenvalue weighted by Crippen LogP contribution is -2.14. The zero-order valence-corrected chi connectivity index (χ0v) is 6.87. The molecule has 66 valence electrons. The van der Waals surface area contributed by atoms with E-state index in [1.165, 1.54) is 0 Å². The molecule has 0 aromatic carbocycles. The maximum atomic E-state index is 10.2. The van der Waals surface area contributed by atoms with Crippen LogP contribution < -0.4 is 0 Å². The Bertz CT molecular complexity index is 207. The fraction of sp³-hybridized carbons (Fsp3) is 0.800. The average Bonchev–Trinajstić information content (AvgIpc) is 1.83. The molecular weight excluding hydrogens is 172 g/mol. The van der Waals surface area contributed by atoms with Crippen LogP contribution in [-0.4, -0.2) is 31.3 Å². The molecule has 11 heavy (non-hydrogen) atoms. The quantitative estimate of drug-likeness (QED) is 0.471. The molecule has 0 heterocycles. The first-order chi connectivity index (χ1) is 4.95. The summed E-state index contributed by atoms with van der Waals surface area (Å²) in [6.07, 6.45) is -0.369. The molecule has 0 aliphatic carbocycles. The van der Waals surface area contributed by atoms with Gasteiger partial charge in [-0.15, -0.1) is 0 Å². The number of rotatable bonds is 5. The van der Waals surface area contributed by atoms with E-state index < -0.39 is 16.2 Å². The van der Waals surface area contributed by atoms with Gasteiger partial charge in [0.1, 0.15) is 0 Å². The predicted octanol–water partition coefficient (Wildman–Crippen LogP) is -0.174. The van der Waals surface area contributed by atoms with E-state index in [2.05, 4.69) is 4.74 Å². The smallest absolute Gasteiger partial charge is 0.293 e. The number of hydrogen-bond donors (Lipinski definition) is 1. The second-order valence-corrected chi connectivity index (χ2v) is 3.69. The van der Waals surface area contributed by atoms with Crippen LogP contribution in [0.4, 0.5) is 0 Å². The monoisotopic (exact) mass is 182 g/mol. The van der Waals surface area contributed by atoms with Gasteiger partial charge in [-0.25, -0.2) is 0 Å². The van der Waals surface area contributed by atoms with Gasteiger partial charge < -0.3 is 4.74 Å². The van der Waals surface area contributed by atoms with Crippen molar-refractivity contribution < 1.29 is 22.5 Å². The maximum Gasteiger partial charge on any atom is 0.293 e. The Kier molecular flexibility index (Phi) is 4.06. The van der Waals surface area contributed by atoms with E-state index in [9.17, 15) is 13.2 Å². The normalized spacial score (nSPS) is 14.0. The third kappa shape index (κ3) is 7.27. The first kappa shape index (κ1) is 10.4. The lowest BCUT2D eigenvalue weighted by atomic mass is 10.3. The molecule has 0 radical (unpaired) electrons. The third-order valence-corrected chi connectivity index (χ3v) is 1.82. The summed E-state index contributed by atoms with van der Waals surface area (Å²) in [6, 6.07) is 0. The van der Waals surface area contributed by atoms with Crippen LogP contribution in [-0.2, 0) is 19.6 Å². The average molecular weight is 182 g/mol. The number of hydrogen-bond acceptors (Lipinski definition) is 4. The van der Waals surface area contributed by atoms with E-state index in [1.807, 2.05) is 0 Å². The van der Waals surface area contributed by atoms with Crippen LogP contribution in [0.3, 0.4) is 0 Å². The molecule has 5 nitrogen and oxygen atoms in total. The molecule has 0 fully saturated rings. The molecule has 0 aromatic rings. The summed E-state index contributed by atoms with van der Waals surface area (Å²) in [4.78, 5) is 9.71. The molecular formula is C5H10O5S. The van der Waals surface area contributed by atoms with Gasteiger partial charge in [-0.1, -0.05) is 0 Å². The van der Waals surface area contributed by atoms with Crippen molar-refractivity contribution in [3.8, 4) is 0 Å². The molecule has 0 aliphatic rings. The molecule has 0 aromatic heterocycles. The van der Waals surface area contributed by atoms with Gasteiger partial charge in [0.25, 0.3) is 16.6 Å². The number of carbonyl (C=O) groups is 1. The van der Waals surface area contributed by atoms with E-state index >= 15 is 0 Å². The van der Waals surface area contributed by atoms with Crippen LogP contribution in [0.1, 0.15) is 13.3 Å². The minimum absolute atomic E-state index is 0.109. The number of ether oxygens (including phenoxy) is 1. The molecule has 1 N–H and O–H groups in total. The first-order valence-electron chi connectivity index (χ1n) is 3.00. The van der Waals surface area contributed by atoms with Crippen molar-refractivity contribution in [2.45, 2.75) is 19.4 Å². The summed E-state index contributed by atoms with van der Waals surface area (Å²) < 4.78 is 32.9. The Balaban J connectivity index is 3.62. The SMILES string of the molecule is CC(CCS(=O)(=O)O)OC=O. The third-order valence-electron chi connectivity index (χ3n) is 1.07. The van der Waals surface area contributed by atoms with Crippen LogP contribution in [0.5, 0.6) is 0 Å². The topological polar surface area (TPSA) is 80.7 Å². The zero-order valence-electron chi connectivity index (χ0n) is 6.06. The first-order valence-corrected chi connectivity index (χ1v) is 4.61. The van der Waals surface area contributed by atoms with Crippen molar-refractivity contribution in [3.63, 3.8) is 0 Å². The molecule has 0 aliphatic heterocycles. The Morgan fingerprint density at radius 1 is 1.64 bits per heavy atom. The molecule has 0 saturated heterocycles. The minimum Gasteiger partial charge on any atom is -0.465 e. The lowest BCUT2D eigenvalue weighted by molar-refractivity contribution is -0.132. The second-order valence-electron chi connectivity index (χ2n) is 2.12. The zero-order chi connectivity index (χ0) is 8.91. The van der Waals surface area contributed by atoms with E-state index in [0.717, 1.165) is 0 Å².